The van der Waals surface area contributed by atoms with Crippen LogP contribution in [0.5, 0.6) is 11.5 Å². The molecule has 0 bridgehead atoms. The molecule has 0 aliphatic carbocycles. The lowest BCUT2D eigenvalue weighted by Crippen LogP contribution is -2.35. The van der Waals surface area contributed by atoms with Gasteiger partial charge in [0.25, 0.3) is 11.8 Å². The van der Waals surface area contributed by atoms with Gasteiger partial charge >= 0.3 is 0 Å². The number of carbonyl (C=O) groups is 2. The Bertz CT molecular complexity index is 1430. The number of hydrogen-bond donors (Lipinski definition) is 6. The van der Waals surface area contributed by atoms with Gasteiger partial charge in [-0.25, -0.2) is 0 Å². The number of carbonyl (C=O) groups excluding carboxylic acids is 2. The zero-order valence-electron chi connectivity index (χ0n) is 22.2. The molecule has 0 aromatic heterocycles. The number of ether oxygens (including phenoxy) is 1. The maximum absolute atomic E-state index is 13.7. The number of phenols is 1. The lowest BCUT2D eigenvalue weighted by atomic mass is 9.79. The van der Waals surface area contributed by atoms with E-state index in [1.807, 2.05) is 0 Å². The average Bonchev–Trinajstić information content (AvgIpc) is 2.93. The summed E-state index contributed by atoms with van der Waals surface area (Å²) in [5, 5.41) is 58.6. The van der Waals surface area contributed by atoms with E-state index in [9.17, 15) is 35.5 Å². The van der Waals surface area contributed by atoms with E-state index in [0.29, 0.717) is 28.3 Å². The molecule has 0 fully saturated rings. The van der Waals surface area contributed by atoms with Crippen LogP contribution in [-0.4, -0.2) is 34.4 Å². The predicted octanol–water partition coefficient (Wildman–Crippen LogP) is 4.30. The third-order valence-electron chi connectivity index (χ3n) is 6.48. The molecule has 214 valence electrons. The van der Waals surface area contributed by atoms with Gasteiger partial charge in [-0.3, -0.25) is 20.0 Å². The molecular formula is C28H27N5O8-2. The van der Waals surface area contributed by atoms with E-state index in [1.165, 1.54) is 67.8 Å². The molecule has 6 N–H and O–H groups in total. The number of dihydropyridines is 1. The van der Waals surface area contributed by atoms with Crippen LogP contribution in [0.15, 0.2) is 89.3 Å². The van der Waals surface area contributed by atoms with E-state index in [1.54, 1.807) is 19.9 Å². The van der Waals surface area contributed by atoms with Crippen LogP contribution in [0, 0.1) is 10.4 Å². The monoisotopic (exact) mass is 561 g/mol. The number of benzene rings is 3. The first kappa shape index (κ1) is 28.9. The summed E-state index contributed by atoms with van der Waals surface area (Å²) >= 11 is 0. The summed E-state index contributed by atoms with van der Waals surface area (Å²) in [5.74, 6) is -2.02. The van der Waals surface area contributed by atoms with Gasteiger partial charge in [-0.15, -0.1) is 5.23 Å². The van der Waals surface area contributed by atoms with Gasteiger partial charge in [-0.1, -0.05) is 6.07 Å². The molecule has 3 aromatic carbocycles. The fourth-order valence-electron chi connectivity index (χ4n) is 4.54. The number of nitrogens with one attached hydrogen (secondary N) is 3. The topological polar surface area (TPSA) is 193 Å². The molecule has 1 aliphatic heterocycles. The van der Waals surface area contributed by atoms with Crippen molar-refractivity contribution in [1.82, 2.24) is 5.32 Å². The van der Waals surface area contributed by atoms with Gasteiger partial charge in [0.15, 0.2) is 11.5 Å². The van der Waals surface area contributed by atoms with E-state index in [-0.39, 0.29) is 39.2 Å². The summed E-state index contributed by atoms with van der Waals surface area (Å²) < 4.78 is 5.28. The number of phenolic OH excluding ortho intramolecular Hbond substituents is 1. The molecule has 4 rings (SSSR count). The third kappa shape index (κ3) is 6.23. The Morgan fingerprint density at radius 3 is 1.76 bits per heavy atom. The molecule has 1 aliphatic rings. The predicted molar refractivity (Wildman–Crippen MR) is 151 cm³/mol. The Morgan fingerprint density at radius 2 is 1.32 bits per heavy atom. The largest absolute Gasteiger partial charge is 0.769 e. The van der Waals surface area contributed by atoms with Crippen LogP contribution < -0.4 is 31.1 Å². The second kappa shape index (κ2) is 12.0. The van der Waals surface area contributed by atoms with E-state index >= 15 is 0 Å². The highest BCUT2D eigenvalue weighted by atomic mass is 16.8. The van der Waals surface area contributed by atoms with Gasteiger partial charge in [0.05, 0.1) is 12.8 Å². The zero-order chi connectivity index (χ0) is 29.8. The normalized spacial score (nSPS) is 14.8. The van der Waals surface area contributed by atoms with E-state index in [2.05, 4.69) is 16.0 Å². The molecule has 41 heavy (non-hydrogen) atoms. The smallest absolute Gasteiger partial charge is 0.254 e. The number of rotatable bonds is 8. The minimum Gasteiger partial charge on any atom is -0.769 e. The van der Waals surface area contributed by atoms with Crippen molar-refractivity contribution in [1.29, 1.82) is 0 Å². The van der Waals surface area contributed by atoms with Crippen molar-refractivity contribution >= 4 is 34.6 Å². The summed E-state index contributed by atoms with van der Waals surface area (Å²) in [4.78, 5) is 27.4. The summed E-state index contributed by atoms with van der Waals surface area (Å²) in [6, 6.07) is 15.5. The maximum atomic E-state index is 13.7. The van der Waals surface area contributed by atoms with E-state index in [4.69, 9.17) is 4.74 Å². The van der Waals surface area contributed by atoms with Crippen molar-refractivity contribution in [3.05, 3.63) is 105 Å². The van der Waals surface area contributed by atoms with Crippen LogP contribution in [0.4, 0.5) is 22.7 Å². The summed E-state index contributed by atoms with van der Waals surface area (Å²) in [5.41, 5.74) is 2.41. The minimum absolute atomic E-state index is 0.0546. The van der Waals surface area contributed by atoms with Gasteiger partial charge in [-0.2, -0.15) is 0 Å². The number of allylic oxidation sites excluding steroid dienone is 2. The molecule has 13 heteroatoms. The number of methoxy groups -OCH3 is 1. The van der Waals surface area contributed by atoms with Crippen LogP contribution in [0.2, 0.25) is 0 Å². The van der Waals surface area contributed by atoms with Crippen molar-refractivity contribution in [3.63, 3.8) is 0 Å². The quantitative estimate of drug-likeness (QED) is 0.215. The van der Waals surface area contributed by atoms with Crippen LogP contribution in [0.1, 0.15) is 25.3 Å². The number of amides is 2. The SMILES string of the molecule is COc1cc(C2C(C(=O)Nc3ccc(N([O-])[O-])cc3)=C(C)NC(C)=C2C(=O)Nc2ccc(N(O)O)cc2)ccc1O. The first-order valence-electron chi connectivity index (χ1n) is 12.2. The molecule has 2 amide bonds. The highest BCUT2D eigenvalue weighted by Crippen LogP contribution is 2.41. The Labute approximate surface area is 234 Å². The standard InChI is InChI=1S/C28H27N5O8/c1-15-24(27(35)30-18-5-9-20(10-6-18)32(37)38)26(17-4-13-22(34)23(14-17)41-3)25(16(2)29-15)28(36)31-19-7-11-21(12-8-19)33(39)40/h4-14,26,29,34,37-38H,1-3H3,(H,30,35)(H,31,36)/q-2. The molecule has 0 saturated carbocycles. The maximum Gasteiger partial charge on any atom is 0.254 e. The number of aromatic hydroxyl groups is 1. The van der Waals surface area contributed by atoms with Gasteiger partial charge in [-0.05, 0) is 80.1 Å². The van der Waals surface area contributed by atoms with Crippen LogP contribution in [0.25, 0.3) is 0 Å². The number of anilines is 4. The first-order chi connectivity index (χ1) is 19.5. The lowest BCUT2D eigenvalue weighted by Gasteiger charge is -2.37. The van der Waals surface area contributed by atoms with Gasteiger partial charge < -0.3 is 41.4 Å². The lowest BCUT2D eigenvalue weighted by molar-refractivity contribution is -0.113. The van der Waals surface area contributed by atoms with Crippen molar-refractivity contribution in [2.75, 3.05) is 28.2 Å². The number of hydrogen-bond acceptors (Lipinski definition) is 11. The van der Waals surface area contributed by atoms with Gasteiger partial charge in [0.2, 0.25) is 0 Å². The fraction of sp³-hybridized carbons (Fsp3) is 0.143. The van der Waals surface area contributed by atoms with Crippen LogP contribution in [-0.2, 0) is 9.59 Å². The highest BCUT2D eigenvalue weighted by Gasteiger charge is 2.37. The first-order valence-corrected chi connectivity index (χ1v) is 12.2. The highest BCUT2D eigenvalue weighted by molar-refractivity contribution is 6.12. The Morgan fingerprint density at radius 1 is 0.829 bits per heavy atom. The number of nitrogens with zero attached hydrogens (tertiary/aromatic N) is 2. The average molecular weight is 562 g/mol. The van der Waals surface area contributed by atoms with Crippen molar-refractivity contribution < 1.29 is 29.8 Å². The molecule has 1 unspecified atom stereocenters. The minimum atomic E-state index is -0.923. The second-order valence-electron chi connectivity index (χ2n) is 9.12. The molecule has 13 nitrogen and oxygen atoms in total. The molecular weight excluding hydrogens is 534 g/mol. The fourth-order valence-corrected chi connectivity index (χ4v) is 4.54. The summed E-state index contributed by atoms with van der Waals surface area (Å²) in [6.45, 7) is 3.37. The van der Waals surface area contributed by atoms with Gasteiger partial charge in [0, 0.05) is 45.5 Å². The van der Waals surface area contributed by atoms with Crippen LogP contribution in [0.3, 0.4) is 0 Å². The Hall–Kier alpha value is -5.08. The second-order valence-corrected chi connectivity index (χ2v) is 9.12. The molecule has 0 spiro atoms. The molecule has 3 aromatic rings. The third-order valence-corrected chi connectivity index (χ3v) is 6.48. The van der Waals surface area contributed by atoms with E-state index < -0.39 is 23.0 Å². The van der Waals surface area contributed by atoms with E-state index in [0.717, 1.165) is 0 Å². The summed E-state index contributed by atoms with van der Waals surface area (Å²) in [7, 11) is 1.38. The Kier molecular flexibility index (Phi) is 8.45. The Balaban J connectivity index is 1.74. The van der Waals surface area contributed by atoms with Crippen molar-refractivity contribution in [2.24, 2.45) is 0 Å². The zero-order valence-corrected chi connectivity index (χ0v) is 22.2. The van der Waals surface area contributed by atoms with Gasteiger partial charge in [0.1, 0.15) is 0 Å². The van der Waals surface area contributed by atoms with Crippen LogP contribution >= 0.6 is 0 Å². The summed E-state index contributed by atoms with van der Waals surface area (Å²) in [6.07, 6.45) is 0. The van der Waals surface area contributed by atoms with Crippen molar-refractivity contribution in [3.8, 4) is 11.5 Å². The molecule has 0 saturated heterocycles. The molecule has 0 radical (unpaired) electrons. The molecule has 1 heterocycles. The molecule has 1 atom stereocenters. The van der Waals surface area contributed by atoms with Crippen molar-refractivity contribution in [2.45, 2.75) is 19.8 Å².